The maximum atomic E-state index is 12.0. The zero-order chi connectivity index (χ0) is 16.1. The molecule has 2 amide bonds. The first-order valence-electron chi connectivity index (χ1n) is 7.55. The van der Waals surface area contributed by atoms with Crippen LogP contribution in [0, 0.1) is 0 Å². The Morgan fingerprint density at radius 1 is 1.43 bits per heavy atom. The number of hydrogen-bond acceptors (Lipinski definition) is 4. The molecule has 6 nitrogen and oxygen atoms in total. The smallest absolute Gasteiger partial charge is 0.243 e. The third-order valence-electron chi connectivity index (χ3n) is 3.68. The lowest BCUT2D eigenvalue weighted by molar-refractivity contribution is -0.119. The Morgan fingerprint density at radius 3 is 2.83 bits per heavy atom. The number of anilines is 2. The number of hydrogen-bond donors (Lipinski definition) is 2. The maximum Gasteiger partial charge on any atom is 0.243 e. The Balaban J connectivity index is 0.00000264. The van der Waals surface area contributed by atoms with E-state index < -0.39 is 6.04 Å². The zero-order valence-corrected chi connectivity index (χ0v) is 14.3. The van der Waals surface area contributed by atoms with Crippen LogP contribution >= 0.6 is 12.4 Å². The Kier molecular flexibility index (Phi) is 7.48. The van der Waals surface area contributed by atoms with Crippen LogP contribution in [-0.2, 0) is 20.7 Å². The van der Waals surface area contributed by atoms with E-state index in [0.717, 1.165) is 24.2 Å². The second-order valence-electron chi connectivity index (χ2n) is 5.44. The van der Waals surface area contributed by atoms with Crippen molar-refractivity contribution in [3.8, 4) is 0 Å². The molecule has 0 radical (unpaired) electrons. The topological polar surface area (TPSA) is 84.7 Å². The molecular formula is C16H24ClN3O3. The van der Waals surface area contributed by atoms with Crippen molar-refractivity contribution < 1.29 is 14.3 Å². The molecule has 3 N–H and O–H groups in total. The van der Waals surface area contributed by atoms with Gasteiger partial charge in [0.25, 0.3) is 0 Å². The number of aryl methyl sites for hydroxylation is 1. The molecule has 1 aliphatic heterocycles. The van der Waals surface area contributed by atoms with Gasteiger partial charge in [0, 0.05) is 31.5 Å². The van der Waals surface area contributed by atoms with E-state index in [1.54, 1.807) is 6.07 Å². The fourth-order valence-electron chi connectivity index (χ4n) is 2.60. The van der Waals surface area contributed by atoms with Crippen molar-refractivity contribution in [2.75, 3.05) is 30.5 Å². The number of amides is 2. The highest BCUT2D eigenvalue weighted by atomic mass is 35.5. The van der Waals surface area contributed by atoms with Crippen LogP contribution in [0.2, 0.25) is 0 Å². The molecular weight excluding hydrogens is 318 g/mol. The van der Waals surface area contributed by atoms with E-state index in [0.29, 0.717) is 18.5 Å². The average Bonchev–Trinajstić information content (AvgIpc) is 2.50. The standard InChI is InChI=1S/C16H23N3O3.ClH/c1-3-8-19-14-6-5-12(9-11(14)4-7-15(19)20)18-16(21)13(17)10-22-2;/h5-6,9,13H,3-4,7-8,10,17H2,1-2H3,(H,18,21);1H. The molecule has 0 fully saturated rings. The van der Waals surface area contributed by atoms with Gasteiger partial charge in [0.05, 0.1) is 6.61 Å². The van der Waals surface area contributed by atoms with Crippen molar-refractivity contribution >= 4 is 35.6 Å². The highest BCUT2D eigenvalue weighted by molar-refractivity contribution is 5.98. The molecule has 1 unspecified atom stereocenters. The Labute approximate surface area is 142 Å². The van der Waals surface area contributed by atoms with Crippen molar-refractivity contribution in [1.29, 1.82) is 0 Å². The van der Waals surface area contributed by atoms with Crippen molar-refractivity contribution in [3.63, 3.8) is 0 Å². The average molecular weight is 342 g/mol. The molecule has 7 heteroatoms. The predicted molar refractivity (Wildman–Crippen MR) is 93.1 cm³/mol. The second kappa shape index (κ2) is 8.86. The monoisotopic (exact) mass is 341 g/mol. The quantitative estimate of drug-likeness (QED) is 0.825. The second-order valence-corrected chi connectivity index (χ2v) is 5.44. The summed E-state index contributed by atoms with van der Waals surface area (Å²) in [6, 6.07) is 4.91. The summed E-state index contributed by atoms with van der Waals surface area (Å²) in [4.78, 5) is 25.7. The molecule has 0 aliphatic carbocycles. The summed E-state index contributed by atoms with van der Waals surface area (Å²) in [7, 11) is 1.51. The number of nitrogens with one attached hydrogen (secondary N) is 1. The molecule has 1 atom stereocenters. The van der Waals surface area contributed by atoms with Gasteiger partial charge in [-0.05, 0) is 36.6 Å². The minimum absolute atomic E-state index is 0. The Morgan fingerprint density at radius 2 is 2.17 bits per heavy atom. The van der Waals surface area contributed by atoms with Crippen LogP contribution in [0.25, 0.3) is 0 Å². The fourth-order valence-corrected chi connectivity index (χ4v) is 2.60. The first-order valence-corrected chi connectivity index (χ1v) is 7.55. The van der Waals surface area contributed by atoms with Gasteiger partial charge in [-0.25, -0.2) is 0 Å². The van der Waals surface area contributed by atoms with E-state index >= 15 is 0 Å². The number of carbonyl (C=O) groups excluding carboxylic acids is 2. The molecule has 2 rings (SSSR count). The normalized spacial score (nSPS) is 14.7. The van der Waals surface area contributed by atoms with E-state index in [4.69, 9.17) is 10.5 Å². The molecule has 1 heterocycles. The lowest BCUT2D eigenvalue weighted by atomic mass is 10.00. The van der Waals surface area contributed by atoms with Gasteiger partial charge in [0.2, 0.25) is 11.8 Å². The number of fused-ring (bicyclic) bond motifs is 1. The molecule has 1 aromatic carbocycles. The third-order valence-corrected chi connectivity index (χ3v) is 3.68. The van der Waals surface area contributed by atoms with Crippen LogP contribution in [0.5, 0.6) is 0 Å². The van der Waals surface area contributed by atoms with Crippen LogP contribution in [-0.4, -0.2) is 38.1 Å². The lowest BCUT2D eigenvalue weighted by Gasteiger charge is -2.29. The molecule has 0 bridgehead atoms. The molecule has 1 aliphatic rings. The van der Waals surface area contributed by atoms with Crippen molar-refractivity contribution in [3.05, 3.63) is 23.8 Å². The van der Waals surface area contributed by atoms with Crippen molar-refractivity contribution in [2.24, 2.45) is 5.73 Å². The molecule has 0 saturated carbocycles. The van der Waals surface area contributed by atoms with Crippen molar-refractivity contribution in [1.82, 2.24) is 0 Å². The largest absolute Gasteiger partial charge is 0.383 e. The molecule has 1 aromatic rings. The van der Waals surface area contributed by atoms with Crippen molar-refractivity contribution in [2.45, 2.75) is 32.2 Å². The van der Waals surface area contributed by atoms with Gasteiger partial charge >= 0.3 is 0 Å². The maximum absolute atomic E-state index is 12.0. The summed E-state index contributed by atoms with van der Waals surface area (Å²) in [5.74, 6) is -0.118. The van der Waals surface area contributed by atoms with Gasteiger partial charge in [0.15, 0.2) is 0 Å². The molecule has 23 heavy (non-hydrogen) atoms. The van der Waals surface area contributed by atoms with Crippen LogP contribution in [0.15, 0.2) is 18.2 Å². The zero-order valence-electron chi connectivity index (χ0n) is 13.5. The summed E-state index contributed by atoms with van der Waals surface area (Å²) in [6.07, 6.45) is 2.12. The highest BCUT2D eigenvalue weighted by Crippen LogP contribution is 2.30. The van der Waals surface area contributed by atoms with E-state index in [1.165, 1.54) is 7.11 Å². The number of ether oxygens (including phenoxy) is 1. The highest BCUT2D eigenvalue weighted by Gasteiger charge is 2.24. The molecule has 0 aromatic heterocycles. The summed E-state index contributed by atoms with van der Waals surface area (Å²) in [5, 5.41) is 2.79. The summed E-state index contributed by atoms with van der Waals surface area (Å²) >= 11 is 0. The SMILES string of the molecule is CCCN1C(=O)CCc2cc(NC(=O)C(N)COC)ccc21.Cl. The van der Waals surface area contributed by atoms with E-state index in [9.17, 15) is 9.59 Å². The summed E-state index contributed by atoms with van der Waals surface area (Å²) in [5.41, 5.74) is 8.42. The Hall–Kier alpha value is -1.63. The van der Waals surface area contributed by atoms with Gasteiger partial charge < -0.3 is 20.7 Å². The summed E-state index contributed by atoms with van der Waals surface area (Å²) in [6.45, 7) is 2.94. The number of benzene rings is 1. The van der Waals surface area contributed by atoms with Gasteiger partial charge in [-0.15, -0.1) is 12.4 Å². The first kappa shape index (κ1) is 19.4. The van der Waals surface area contributed by atoms with Gasteiger partial charge in [-0.1, -0.05) is 6.92 Å². The van der Waals surface area contributed by atoms with Crippen LogP contribution < -0.4 is 16.0 Å². The van der Waals surface area contributed by atoms with Crippen LogP contribution in [0.3, 0.4) is 0 Å². The van der Waals surface area contributed by atoms with Crippen LogP contribution in [0.1, 0.15) is 25.3 Å². The number of halogens is 1. The minimum atomic E-state index is -0.695. The fraction of sp³-hybridized carbons (Fsp3) is 0.500. The lowest BCUT2D eigenvalue weighted by Crippen LogP contribution is -2.39. The van der Waals surface area contributed by atoms with Crippen LogP contribution in [0.4, 0.5) is 11.4 Å². The number of rotatable bonds is 6. The van der Waals surface area contributed by atoms with Gasteiger partial charge in [-0.3, -0.25) is 9.59 Å². The molecule has 128 valence electrons. The third kappa shape index (κ3) is 4.67. The number of nitrogens with zero attached hydrogens (tertiary/aromatic N) is 1. The van der Waals surface area contributed by atoms with E-state index in [1.807, 2.05) is 24.0 Å². The molecule has 0 saturated heterocycles. The van der Waals surface area contributed by atoms with E-state index in [2.05, 4.69) is 5.32 Å². The number of nitrogens with two attached hydrogens (primary N) is 1. The van der Waals surface area contributed by atoms with Gasteiger partial charge in [0.1, 0.15) is 6.04 Å². The minimum Gasteiger partial charge on any atom is -0.383 e. The predicted octanol–water partition coefficient (Wildman–Crippen LogP) is 1.71. The number of methoxy groups -OCH3 is 1. The Bertz CT molecular complexity index is 566. The first-order chi connectivity index (χ1) is 10.6. The summed E-state index contributed by atoms with van der Waals surface area (Å²) < 4.78 is 4.88. The van der Waals surface area contributed by atoms with Gasteiger partial charge in [-0.2, -0.15) is 0 Å². The number of carbonyl (C=O) groups is 2. The van der Waals surface area contributed by atoms with E-state index in [-0.39, 0.29) is 30.8 Å². The molecule has 0 spiro atoms.